The highest BCUT2D eigenvalue weighted by molar-refractivity contribution is 9.10. The van der Waals surface area contributed by atoms with Crippen LogP contribution in [-0.2, 0) is 11.3 Å². The van der Waals surface area contributed by atoms with E-state index in [2.05, 4.69) is 21.2 Å². The van der Waals surface area contributed by atoms with Gasteiger partial charge >= 0.3 is 0 Å². The zero-order valence-corrected chi connectivity index (χ0v) is 14.2. The van der Waals surface area contributed by atoms with Crippen LogP contribution in [0.5, 0.6) is 0 Å². The van der Waals surface area contributed by atoms with Crippen LogP contribution in [-0.4, -0.2) is 16.0 Å². The van der Waals surface area contributed by atoms with Gasteiger partial charge in [-0.25, -0.2) is 0 Å². The van der Waals surface area contributed by atoms with Gasteiger partial charge in [-0.3, -0.25) is 9.59 Å². The molecule has 1 aromatic heterocycles. The molecule has 0 saturated carbocycles. The molecule has 1 aromatic carbocycles. The lowest BCUT2D eigenvalue weighted by Gasteiger charge is -2.21. The summed E-state index contributed by atoms with van der Waals surface area (Å²) >= 11 is 3.32. The summed E-state index contributed by atoms with van der Waals surface area (Å²) in [5.74, 6) is -0.177. The fourth-order valence-corrected chi connectivity index (χ4v) is 2.55. The number of hydrogen-bond acceptors (Lipinski definition) is 3. The van der Waals surface area contributed by atoms with Gasteiger partial charge in [0.15, 0.2) is 0 Å². The Bertz CT molecular complexity index is 841. The molecule has 0 spiro atoms. The van der Waals surface area contributed by atoms with E-state index in [1.165, 1.54) is 6.20 Å². The number of aromatic nitrogens is 1. The molecule has 1 amide bonds. The van der Waals surface area contributed by atoms with Crippen LogP contribution in [0.25, 0.3) is 10.9 Å². The minimum Gasteiger partial charge on any atom is -0.350 e. The number of nitriles is 1. The van der Waals surface area contributed by atoms with Crippen molar-refractivity contribution in [3.8, 4) is 6.07 Å². The minimum atomic E-state index is -0.340. The van der Waals surface area contributed by atoms with Crippen molar-refractivity contribution >= 4 is 32.7 Å². The van der Waals surface area contributed by atoms with Gasteiger partial charge in [-0.15, -0.1) is 0 Å². The molecule has 6 heteroatoms. The molecule has 0 radical (unpaired) electrons. The number of fused-ring (bicyclic) bond motifs is 1. The summed E-state index contributed by atoms with van der Waals surface area (Å²) in [6.07, 6.45) is 1.43. The van der Waals surface area contributed by atoms with E-state index >= 15 is 0 Å². The van der Waals surface area contributed by atoms with E-state index in [9.17, 15) is 9.59 Å². The van der Waals surface area contributed by atoms with Crippen LogP contribution in [0.2, 0.25) is 0 Å². The molecule has 1 heterocycles. The van der Waals surface area contributed by atoms with Crippen molar-refractivity contribution in [1.29, 1.82) is 5.26 Å². The van der Waals surface area contributed by atoms with Crippen molar-refractivity contribution in [3.63, 3.8) is 0 Å². The third kappa shape index (κ3) is 3.55. The first-order valence-electron chi connectivity index (χ1n) is 6.75. The molecule has 0 aliphatic carbocycles. The molecule has 0 unspecified atom stereocenters. The Morgan fingerprint density at radius 2 is 2.09 bits per heavy atom. The largest absolute Gasteiger partial charge is 0.350 e. The predicted octanol–water partition coefficient (Wildman–Crippen LogP) is 2.55. The summed E-state index contributed by atoms with van der Waals surface area (Å²) in [4.78, 5) is 24.3. The van der Waals surface area contributed by atoms with Crippen LogP contribution < -0.4 is 10.7 Å². The van der Waals surface area contributed by atoms with Crippen molar-refractivity contribution < 1.29 is 4.79 Å². The Hall–Kier alpha value is -2.13. The number of benzene rings is 1. The van der Waals surface area contributed by atoms with Crippen LogP contribution in [0.15, 0.2) is 33.7 Å². The van der Waals surface area contributed by atoms with Crippen LogP contribution >= 0.6 is 15.9 Å². The van der Waals surface area contributed by atoms with Crippen molar-refractivity contribution in [3.05, 3.63) is 44.7 Å². The Balaban J connectivity index is 2.55. The zero-order chi connectivity index (χ0) is 16.5. The van der Waals surface area contributed by atoms with Crippen molar-refractivity contribution in [2.45, 2.75) is 32.9 Å². The first-order chi connectivity index (χ1) is 10.2. The van der Waals surface area contributed by atoms with E-state index in [1.807, 2.05) is 26.8 Å². The number of hydrogen-bond donors (Lipinski definition) is 1. The Labute approximate surface area is 136 Å². The molecular weight excluding hydrogens is 346 g/mol. The first kappa shape index (κ1) is 16.2. The van der Waals surface area contributed by atoms with Gasteiger partial charge in [-0.1, -0.05) is 15.9 Å². The van der Waals surface area contributed by atoms with E-state index in [0.29, 0.717) is 10.9 Å². The van der Waals surface area contributed by atoms with E-state index in [4.69, 9.17) is 5.26 Å². The standard InChI is InChI=1S/C16H16BrN3O2/c1-16(2,3)19-14(21)9-20-8-10(7-18)15(22)12-6-11(17)4-5-13(12)20/h4-6,8H,9H2,1-3H3,(H,19,21). The van der Waals surface area contributed by atoms with E-state index in [-0.39, 0.29) is 29.0 Å². The summed E-state index contributed by atoms with van der Waals surface area (Å²) in [7, 11) is 0. The maximum absolute atomic E-state index is 12.2. The average Bonchev–Trinajstić information content (AvgIpc) is 2.39. The van der Waals surface area contributed by atoms with Crippen molar-refractivity contribution in [2.75, 3.05) is 0 Å². The van der Waals surface area contributed by atoms with Crippen molar-refractivity contribution in [2.24, 2.45) is 0 Å². The second-order valence-corrected chi connectivity index (χ2v) is 6.99. The Morgan fingerprint density at radius 1 is 1.41 bits per heavy atom. The molecule has 0 saturated heterocycles. The van der Waals surface area contributed by atoms with Crippen LogP contribution in [0.4, 0.5) is 0 Å². The molecule has 114 valence electrons. The Morgan fingerprint density at radius 3 is 2.68 bits per heavy atom. The van der Waals surface area contributed by atoms with E-state index in [0.717, 1.165) is 4.47 Å². The molecule has 2 aromatic rings. The first-order valence-corrected chi connectivity index (χ1v) is 7.54. The monoisotopic (exact) mass is 361 g/mol. The predicted molar refractivity (Wildman–Crippen MR) is 88.5 cm³/mol. The third-order valence-electron chi connectivity index (χ3n) is 2.99. The lowest BCUT2D eigenvalue weighted by atomic mass is 10.1. The third-order valence-corrected chi connectivity index (χ3v) is 3.48. The molecule has 0 aliphatic heterocycles. The SMILES string of the molecule is CC(C)(C)NC(=O)Cn1cc(C#N)c(=O)c2cc(Br)ccc21. The number of carbonyl (C=O) groups excluding carboxylic acids is 1. The number of nitrogens with one attached hydrogen (secondary N) is 1. The molecule has 5 nitrogen and oxygen atoms in total. The number of amides is 1. The van der Waals surface area contributed by atoms with Crippen LogP contribution in [0.1, 0.15) is 26.3 Å². The van der Waals surface area contributed by atoms with Gasteiger partial charge in [-0.05, 0) is 39.0 Å². The van der Waals surface area contributed by atoms with E-state index < -0.39 is 0 Å². The summed E-state index contributed by atoms with van der Waals surface area (Å²) in [5.41, 5.74) is -0.0239. The van der Waals surface area contributed by atoms with Crippen LogP contribution in [0.3, 0.4) is 0 Å². The topological polar surface area (TPSA) is 74.9 Å². The molecule has 0 fully saturated rings. The average molecular weight is 362 g/mol. The lowest BCUT2D eigenvalue weighted by molar-refractivity contribution is -0.123. The fraction of sp³-hybridized carbons (Fsp3) is 0.312. The number of nitrogens with zero attached hydrogens (tertiary/aromatic N) is 2. The second-order valence-electron chi connectivity index (χ2n) is 6.07. The second kappa shape index (κ2) is 5.93. The van der Waals surface area contributed by atoms with Gasteiger partial charge in [0.05, 0.1) is 5.52 Å². The van der Waals surface area contributed by atoms with Gasteiger partial charge in [0.25, 0.3) is 0 Å². The number of pyridine rings is 1. The number of halogens is 1. The fourth-order valence-electron chi connectivity index (χ4n) is 2.19. The zero-order valence-electron chi connectivity index (χ0n) is 12.6. The molecule has 22 heavy (non-hydrogen) atoms. The molecule has 1 N–H and O–H groups in total. The highest BCUT2D eigenvalue weighted by Crippen LogP contribution is 2.18. The van der Waals surface area contributed by atoms with Gasteiger partial charge in [-0.2, -0.15) is 5.26 Å². The lowest BCUT2D eigenvalue weighted by Crippen LogP contribution is -2.42. The molecule has 2 rings (SSSR count). The maximum Gasteiger partial charge on any atom is 0.240 e. The quantitative estimate of drug-likeness (QED) is 0.892. The summed E-state index contributed by atoms with van der Waals surface area (Å²) in [6.45, 7) is 5.73. The van der Waals surface area contributed by atoms with Gasteiger partial charge in [0.1, 0.15) is 18.2 Å². The van der Waals surface area contributed by atoms with Crippen molar-refractivity contribution in [1.82, 2.24) is 9.88 Å². The Kier molecular flexibility index (Phi) is 4.38. The molecule has 0 aliphatic rings. The highest BCUT2D eigenvalue weighted by Gasteiger charge is 2.16. The number of rotatable bonds is 2. The summed E-state index contributed by atoms with van der Waals surface area (Å²) in [5, 5.41) is 12.4. The van der Waals surface area contributed by atoms with Gasteiger partial charge < -0.3 is 9.88 Å². The van der Waals surface area contributed by atoms with Gasteiger partial charge in [0, 0.05) is 21.6 Å². The number of carbonyl (C=O) groups is 1. The minimum absolute atomic E-state index is 0.0224. The van der Waals surface area contributed by atoms with E-state index in [1.54, 1.807) is 22.8 Å². The van der Waals surface area contributed by atoms with Gasteiger partial charge in [0.2, 0.25) is 11.3 Å². The summed E-state index contributed by atoms with van der Waals surface area (Å²) in [6, 6.07) is 7.11. The smallest absolute Gasteiger partial charge is 0.240 e. The maximum atomic E-state index is 12.2. The molecular formula is C16H16BrN3O2. The normalized spacial score (nSPS) is 11.2. The summed E-state index contributed by atoms with van der Waals surface area (Å²) < 4.78 is 2.38. The highest BCUT2D eigenvalue weighted by atomic mass is 79.9. The molecule has 0 bridgehead atoms. The molecule has 0 atom stereocenters. The van der Waals surface area contributed by atoms with Crippen LogP contribution in [0, 0.1) is 11.3 Å².